The molecule has 184 valence electrons. The number of aromatic nitrogens is 3. The van der Waals surface area contributed by atoms with Gasteiger partial charge in [0.15, 0.2) is 6.23 Å². The Morgan fingerprint density at radius 1 is 1.14 bits per heavy atom. The normalized spacial score (nSPS) is 22.3. The zero-order valence-corrected chi connectivity index (χ0v) is 20.1. The maximum absolute atomic E-state index is 9.76. The van der Waals surface area contributed by atoms with Crippen molar-refractivity contribution in [3.63, 3.8) is 0 Å². The van der Waals surface area contributed by atoms with Crippen molar-refractivity contribution in [1.29, 1.82) is 0 Å². The monoisotopic (exact) mass is 476 g/mol. The number of aliphatic hydroxyl groups excluding tert-OH is 2. The van der Waals surface area contributed by atoms with E-state index in [4.69, 9.17) is 9.84 Å². The van der Waals surface area contributed by atoms with Crippen LogP contribution in [0, 0.1) is 0 Å². The van der Waals surface area contributed by atoms with E-state index in [9.17, 15) is 10.2 Å². The lowest BCUT2D eigenvalue weighted by atomic mass is 9.93. The molecule has 3 aromatic rings. The number of anilines is 1. The number of aliphatic hydroxyl groups is 2. The van der Waals surface area contributed by atoms with E-state index in [-0.39, 0.29) is 18.8 Å². The van der Waals surface area contributed by atoms with Gasteiger partial charge in [0.25, 0.3) is 0 Å². The van der Waals surface area contributed by atoms with Crippen LogP contribution in [0.1, 0.15) is 44.2 Å². The fourth-order valence-electron chi connectivity index (χ4n) is 4.75. The first-order valence-electron chi connectivity index (χ1n) is 12.2. The number of nitrogens with one attached hydrogen (secondary N) is 1. The molecule has 2 aromatic heterocycles. The molecule has 1 saturated carbocycles. The predicted molar refractivity (Wildman–Crippen MR) is 136 cm³/mol. The number of ether oxygens (including phenoxy) is 1. The van der Waals surface area contributed by atoms with E-state index in [0.717, 1.165) is 65.8 Å². The van der Waals surface area contributed by atoms with Crippen LogP contribution in [-0.2, 0) is 11.3 Å². The Morgan fingerprint density at radius 3 is 2.60 bits per heavy atom. The number of nitrogens with zero attached hydrogens (tertiary/aromatic N) is 5. The molecule has 0 spiro atoms. The number of hydrogen-bond donors (Lipinski definition) is 3. The molecule has 0 radical (unpaired) electrons. The first-order chi connectivity index (χ1) is 17.1. The number of hydrazone groups is 1. The van der Waals surface area contributed by atoms with Crippen LogP contribution in [0.15, 0.2) is 53.8 Å². The van der Waals surface area contributed by atoms with Crippen LogP contribution in [0.5, 0.6) is 0 Å². The van der Waals surface area contributed by atoms with E-state index >= 15 is 0 Å². The summed E-state index contributed by atoms with van der Waals surface area (Å²) in [4.78, 5) is 4.60. The molecule has 5 rings (SSSR count). The van der Waals surface area contributed by atoms with Crippen LogP contribution >= 0.6 is 0 Å². The SMILES string of the molecule is CCNc1cc2c(cn1)c(-c1ccc(CO)cc1)nn2[C@H]1CC[C@@H](OC2=NN(C)C(O)C=C2)CC1. The summed E-state index contributed by atoms with van der Waals surface area (Å²) >= 11 is 0. The molecule has 1 aliphatic carbocycles. The highest BCUT2D eigenvalue weighted by atomic mass is 16.5. The average molecular weight is 477 g/mol. The van der Waals surface area contributed by atoms with Crippen molar-refractivity contribution in [2.45, 2.75) is 57.6 Å². The summed E-state index contributed by atoms with van der Waals surface area (Å²) in [6.07, 6.45) is 8.38. The number of hydrogen-bond acceptors (Lipinski definition) is 8. The van der Waals surface area contributed by atoms with Crippen molar-refractivity contribution < 1.29 is 14.9 Å². The van der Waals surface area contributed by atoms with E-state index in [1.54, 1.807) is 19.2 Å². The van der Waals surface area contributed by atoms with Gasteiger partial charge in [-0.1, -0.05) is 24.3 Å². The van der Waals surface area contributed by atoms with Crippen LogP contribution in [0.25, 0.3) is 22.2 Å². The summed E-state index contributed by atoms with van der Waals surface area (Å²) in [6.45, 7) is 2.88. The summed E-state index contributed by atoms with van der Waals surface area (Å²) in [5.41, 5.74) is 3.86. The molecule has 1 aromatic carbocycles. The second-order valence-electron chi connectivity index (χ2n) is 9.10. The molecule has 0 saturated heterocycles. The second-order valence-corrected chi connectivity index (χ2v) is 9.10. The smallest absolute Gasteiger partial charge is 0.230 e. The quantitative estimate of drug-likeness (QED) is 0.498. The molecule has 3 N–H and O–H groups in total. The third-order valence-corrected chi connectivity index (χ3v) is 6.69. The van der Waals surface area contributed by atoms with E-state index in [1.807, 2.05) is 30.5 Å². The molecule has 1 aliphatic heterocycles. The van der Waals surface area contributed by atoms with Crippen LogP contribution in [0.4, 0.5) is 5.82 Å². The van der Waals surface area contributed by atoms with Crippen LogP contribution in [0.2, 0.25) is 0 Å². The van der Waals surface area contributed by atoms with Crippen molar-refractivity contribution in [2.75, 3.05) is 18.9 Å². The van der Waals surface area contributed by atoms with E-state index in [2.05, 4.69) is 33.1 Å². The van der Waals surface area contributed by atoms with E-state index in [0.29, 0.717) is 5.90 Å². The van der Waals surface area contributed by atoms with Gasteiger partial charge in [-0.25, -0.2) is 4.98 Å². The highest BCUT2D eigenvalue weighted by Gasteiger charge is 2.28. The van der Waals surface area contributed by atoms with E-state index in [1.165, 1.54) is 5.01 Å². The predicted octanol–water partition coefficient (Wildman–Crippen LogP) is 3.66. The number of likely N-dealkylation sites (N-methyl/N-ethyl adjacent to an activating group) is 1. The summed E-state index contributed by atoms with van der Waals surface area (Å²) < 4.78 is 8.27. The topological polar surface area (TPSA) is 108 Å². The van der Waals surface area contributed by atoms with Gasteiger partial charge >= 0.3 is 0 Å². The molecular weight excluding hydrogens is 444 g/mol. The molecule has 0 bridgehead atoms. The minimum Gasteiger partial charge on any atom is -0.473 e. The fraction of sp³-hybridized carbons (Fsp3) is 0.423. The van der Waals surface area contributed by atoms with Crippen LogP contribution < -0.4 is 5.32 Å². The Labute approximate surface area is 204 Å². The lowest BCUT2D eigenvalue weighted by molar-refractivity contribution is 0.0532. The average Bonchev–Trinajstić information content (AvgIpc) is 3.26. The van der Waals surface area contributed by atoms with Crippen LogP contribution in [0.3, 0.4) is 0 Å². The molecular formula is C26H32N6O3. The van der Waals surface area contributed by atoms with Gasteiger partial charge < -0.3 is 20.3 Å². The highest BCUT2D eigenvalue weighted by molar-refractivity contribution is 5.94. The van der Waals surface area contributed by atoms with Gasteiger partial charge in [-0.05, 0) is 44.2 Å². The lowest BCUT2D eigenvalue weighted by Crippen LogP contribution is -2.32. The number of rotatable bonds is 6. The summed E-state index contributed by atoms with van der Waals surface area (Å²) in [7, 11) is 1.72. The Bertz CT molecular complexity index is 1230. The third kappa shape index (κ3) is 4.87. The van der Waals surface area contributed by atoms with Gasteiger partial charge in [0.05, 0.1) is 18.2 Å². The third-order valence-electron chi connectivity index (χ3n) is 6.69. The van der Waals surface area contributed by atoms with Gasteiger partial charge in [0.2, 0.25) is 5.90 Å². The zero-order valence-electron chi connectivity index (χ0n) is 20.1. The summed E-state index contributed by atoms with van der Waals surface area (Å²) in [5.74, 6) is 1.38. The molecule has 1 fully saturated rings. The molecule has 3 heterocycles. The van der Waals surface area contributed by atoms with Crippen LogP contribution in [-0.4, -0.2) is 61.8 Å². The Morgan fingerprint density at radius 2 is 1.91 bits per heavy atom. The maximum Gasteiger partial charge on any atom is 0.230 e. The first-order valence-corrected chi connectivity index (χ1v) is 12.2. The minimum absolute atomic E-state index is 0.0213. The Kier molecular flexibility index (Phi) is 6.70. The molecule has 35 heavy (non-hydrogen) atoms. The first kappa shape index (κ1) is 23.3. The van der Waals surface area contributed by atoms with Crippen molar-refractivity contribution in [3.05, 3.63) is 54.2 Å². The standard InChI is InChI=1S/C26H32N6O3/c1-3-27-23-14-22-21(15-28-23)26(18-6-4-17(16-33)5-7-18)30-32(22)19-8-10-20(11-9-19)35-24-12-13-25(34)31(2)29-24/h4-7,12-15,19-20,25,33-34H,3,8-11,16H2,1-2H3,(H,27,28)/t19-,20+,25?. The minimum atomic E-state index is -0.707. The fourth-order valence-corrected chi connectivity index (χ4v) is 4.75. The molecule has 2 aliphatic rings. The van der Waals surface area contributed by atoms with Crippen molar-refractivity contribution in [1.82, 2.24) is 19.8 Å². The Hall–Kier alpha value is -3.43. The van der Waals surface area contributed by atoms with Gasteiger partial charge in [-0.2, -0.15) is 5.10 Å². The molecule has 1 unspecified atom stereocenters. The largest absolute Gasteiger partial charge is 0.473 e. The summed E-state index contributed by atoms with van der Waals surface area (Å²) in [5, 5.41) is 34.4. The number of fused-ring (bicyclic) bond motifs is 1. The highest BCUT2D eigenvalue weighted by Crippen LogP contribution is 2.36. The number of benzene rings is 1. The lowest BCUT2D eigenvalue weighted by Gasteiger charge is -2.30. The number of pyridine rings is 1. The van der Waals surface area contributed by atoms with Crippen molar-refractivity contribution in [2.24, 2.45) is 5.10 Å². The van der Waals surface area contributed by atoms with Gasteiger partial charge in [-0.3, -0.25) is 9.69 Å². The van der Waals surface area contributed by atoms with E-state index < -0.39 is 6.23 Å². The van der Waals surface area contributed by atoms with Gasteiger partial charge in [0, 0.05) is 42.9 Å². The second kappa shape index (κ2) is 10.1. The molecule has 1 atom stereocenters. The van der Waals surface area contributed by atoms with Gasteiger partial charge in [-0.15, -0.1) is 5.10 Å². The zero-order chi connectivity index (χ0) is 24.4. The van der Waals surface area contributed by atoms with Gasteiger partial charge in [0.1, 0.15) is 17.6 Å². The molecule has 0 amide bonds. The Balaban J connectivity index is 1.39. The van der Waals surface area contributed by atoms with Crippen molar-refractivity contribution in [3.8, 4) is 11.3 Å². The molecule has 9 nitrogen and oxygen atoms in total. The maximum atomic E-state index is 9.76. The van der Waals surface area contributed by atoms with Crippen molar-refractivity contribution >= 4 is 22.6 Å². The molecule has 9 heteroatoms. The summed E-state index contributed by atoms with van der Waals surface area (Å²) in [6, 6.07) is 10.2.